The lowest BCUT2D eigenvalue weighted by Crippen LogP contribution is -2.23. The number of nitrogens with zero attached hydrogens (tertiary/aromatic N) is 3. The molecule has 34 heavy (non-hydrogen) atoms. The minimum absolute atomic E-state index is 0.324. The summed E-state index contributed by atoms with van der Waals surface area (Å²) in [5.74, 6) is 1.13. The highest BCUT2D eigenvalue weighted by Crippen LogP contribution is 2.38. The number of carbonyl (C=O) groups excluding carboxylic acids is 1. The Morgan fingerprint density at radius 1 is 1.09 bits per heavy atom. The SMILES string of the molecule is COc1cc(/C=N/N(C(=O)/C=C/c2cccs2)c2nc3ccc(Br)cc3s2)cc(OC)c1OC. The molecule has 1 amide bonds. The van der Waals surface area contributed by atoms with Gasteiger partial charge in [0.1, 0.15) is 0 Å². The standard InChI is InChI=1S/C24H20BrN3O4S2/c1-30-19-11-15(12-20(31-2)23(19)32-3)14-26-28(22(29)9-7-17-5-4-10-33-17)24-27-18-8-6-16(25)13-21(18)34-24/h4-14H,1-3H3/b9-7+,26-14+. The van der Waals surface area contributed by atoms with Gasteiger partial charge in [0, 0.05) is 21.0 Å². The average molecular weight is 558 g/mol. The van der Waals surface area contributed by atoms with E-state index in [2.05, 4.69) is 26.0 Å². The highest BCUT2D eigenvalue weighted by atomic mass is 79.9. The molecule has 4 rings (SSSR count). The Kier molecular flexibility index (Phi) is 7.61. The molecule has 2 aromatic heterocycles. The van der Waals surface area contributed by atoms with E-state index >= 15 is 0 Å². The van der Waals surface area contributed by atoms with E-state index in [1.165, 1.54) is 22.4 Å². The van der Waals surface area contributed by atoms with Crippen molar-refractivity contribution in [3.63, 3.8) is 0 Å². The molecule has 7 nitrogen and oxygen atoms in total. The first-order valence-corrected chi connectivity index (χ1v) is 12.5. The van der Waals surface area contributed by atoms with Gasteiger partial charge in [0.2, 0.25) is 10.9 Å². The van der Waals surface area contributed by atoms with Gasteiger partial charge in [-0.05, 0) is 47.9 Å². The summed E-state index contributed by atoms with van der Waals surface area (Å²) in [6, 6.07) is 13.1. The third kappa shape index (κ3) is 5.30. The largest absolute Gasteiger partial charge is 0.493 e. The van der Waals surface area contributed by atoms with Crippen molar-refractivity contribution in [3.8, 4) is 17.2 Å². The number of hydrazone groups is 1. The van der Waals surface area contributed by atoms with Crippen LogP contribution in [0.4, 0.5) is 5.13 Å². The molecule has 2 heterocycles. The molecule has 0 unspecified atom stereocenters. The summed E-state index contributed by atoms with van der Waals surface area (Å²) in [5, 5.41) is 8.18. The van der Waals surface area contributed by atoms with Gasteiger partial charge in [-0.3, -0.25) is 4.79 Å². The van der Waals surface area contributed by atoms with Gasteiger partial charge in [0.25, 0.3) is 5.91 Å². The van der Waals surface area contributed by atoms with Crippen LogP contribution in [0.2, 0.25) is 0 Å². The molecule has 0 aliphatic rings. The summed E-state index contributed by atoms with van der Waals surface area (Å²) < 4.78 is 18.1. The van der Waals surface area contributed by atoms with Crippen molar-refractivity contribution in [2.45, 2.75) is 0 Å². The van der Waals surface area contributed by atoms with Crippen LogP contribution >= 0.6 is 38.6 Å². The number of thiophene rings is 1. The predicted octanol–water partition coefficient (Wildman–Crippen LogP) is 6.23. The Balaban J connectivity index is 1.73. The Bertz CT molecular complexity index is 1340. The van der Waals surface area contributed by atoms with Gasteiger partial charge in [-0.25, -0.2) is 4.98 Å². The number of anilines is 1. The third-order valence-electron chi connectivity index (χ3n) is 4.67. The minimum atomic E-state index is -0.324. The highest BCUT2D eigenvalue weighted by molar-refractivity contribution is 9.10. The quantitative estimate of drug-likeness (QED) is 0.146. The molecule has 0 radical (unpaired) electrons. The second kappa shape index (κ2) is 10.8. The van der Waals surface area contributed by atoms with Crippen molar-refractivity contribution in [1.29, 1.82) is 0 Å². The van der Waals surface area contributed by atoms with Crippen LogP contribution in [0.15, 0.2) is 63.5 Å². The molecule has 0 fully saturated rings. The lowest BCUT2D eigenvalue weighted by molar-refractivity contribution is -0.114. The molecule has 4 aromatic rings. The normalized spacial score (nSPS) is 11.4. The van der Waals surface area contributed by atoms with Gasteiger partial charge in [0.15, 0.2) is 11.5 Å². The second-order valence-corrected chi connectivity index (χ2v) is 9.71. The van der Waals surface area contributed by atoms with Gasteiger partial charge >= 0.3 is 0 Å². The number of benzene rings is 2. The van der Waals surface area contributed by atoms with Crippen molar-refractivity contribution in [2.75, 3.05) is 26.3 Å². The highest BCUT2D eigenvalue weighted by Gasteiger charge is 2.18. The van der Waals surface area contributed by atoms with E-state index in [0.717, 1.165) is 19.6 Å². The van der Waals surface area contributed by atoms with Crippen LogP contribution in [0.25, 0.3) is 16.3 Å². The first-order valence-electron chi connectivity index (χ1n) is 9.98. The molecule has 10 heteroatoms. The van der Waals surface area contributed by atoms with Gasteiger partial charge in [0.05, 0.1) is 37.8 Å². The third-order valence-corrected chi connectivity index (χ3v) is 7.00. The van der Waals surface area contributed by atoms with Gasteiger partial charge in [-0.1, -0.05) is 33.3 Å². The van der Waals surface area contributed by atoms with E-state index in [1.54, 1.807) is 57.1 Å². The zero-order chi connectivity index (χ0) is 24.1. The molecule has 2 aromatic carbocycles. The van der Waals surface area contributed by atoms with Crippen molar-refractivity contribution in [2.24, 2.45) is 5.10 Å². The molecular formula is C24H20BrN3O4S2. The Morgan fingerprint density at radius 3 is 2.50 bits per heavy atom. The van der Waals surface area contributed by atoms with Crippen molar-refractivity contribution in [1.82, 2.24) is 4.98 Å². The van der Waals surface area contributed by atoms with Crippen LogP contribution in [-0.4, -0.2) is 38.4 Å². The summed E-state index contributed by atoms with van der Waals surface area (Å²) >= 11 is 6.40. The first-order chi connectivity index (χ1) is 16.5. The molecule has 0 aliphatic carbocycles. The molecule has 0 spiro atoms. The van der Waals surface area contributed by atoms with Crippen LogP contribution in [0, 0.1) is 0 Å². The lowest BCUT2D eigenvalue weighted by atomic mass is 10.2. The van der Waals surface area contributed by atoms with Crippen molar-refractivity contribution >= 4 is 72.1 Å². The zero-order valence-corrected chi connectivity index (χ0v) is 21.7. The maximum absolute atomic E-state index is 13.2. The molecule has 0 bridgehead atoms. The number of rotatable bonds is 8. The fraction of sp³-hybridized carbons (Fsp3) is 0.125. The topological polar surface area (TPSA) is 73.2 Å². The summed E-state index contributed by atoms with van der Waals surface area (Å²) in [4.78, 5) is 18.8. The van der Waals surface area contributed by atoms with E-state index in [-0.39, 0.29) is 5.91 Å². The molecule has 174 valence electrons. The second-order valence-electron chi connectivity index (χ2n) is 6.81. The Morgan fingerprint density at radius 2 is 1.85 bits per heavy atom. The number of halogens is 1. The lowest BCUT2D eigenvalue weighted by Gasteiger charge is -2.14. The Hall–Kier alpha value is -3.21. The monoisotopic (exact) mass is 557 g/mol. The summed E-state index contributed by atoms with van der Waals surface area (Å²) in [6.45, 7) is 0. The molecule has 0 N–H and O–H groups in total. The number of hydrogen-bond donors (Lipinski definition) is 0. The van der Waals surface area contributed by atoms with Crippen LogP contribution < -0.4 is 19.2 Å². The number of methoxy groups -OCH3 is 3. The number of thiazole rings is 1. The van der Waals surface area contributed by atoms with Crippen LogP contribution in [0.3, 0.4) is 0 Å². The molecular weight excluding hydrogens is 538 g/mol. The average Bonchev–Trinajstić information content (AvgIpc) is 3.51. The minimum Gasteiger partial charge on any atom is -0.493 e. The van der Waals surface area contributed by atoms with E-state index in [1.807, 2.05) is 35.7 Å². The number of hydrogen-bond acceptors (Lipinski definition) is 8. The van der Waals surface area contributed by atoms with E-state index in [9.17, 15) is 4.79 Å². The van der Waals surface area contributed by atoms with Gasteiger partial charge in [-0.15, -0.1) is 11.3 Å². The molecule has 0 atom stereocenters. The van der Waals surface area contributed by atoms with E-state index in [4.69, 9.17) is 14.2 Å². The van der Waals surface area contributed by atoms with Gasteiger partial charge in [-0.2, -0.15) is 10.1 Å². The summed E-state index contributed by atoms with van der Waals surface area (Å²) in [7, 11) is 4.63. The molecule has 0 aliphatic heterocycles. The summed E-state index contributed by atoms with van der Waals surface area (Å²) in [6.07, 6.45) is 4.81. The summed E-state index contributed by atoms with van der Waals surface area (Å²) in [5.41, 5.74) is 1.45. The Labute approximate surface area is 213 Å². The number of carbonyl (C=O) groups is 1. The fourth-order valence-corrected chi connectivity index (χ4v) is 5.19. The first kappa shape index (κ1) is 23.9. The van der Waals surface area contributed by atoms with E-state index < -0.39 is 0 Å². The van der Waals surface area contributed by atoms with Gasteiger partial charge < -0.3 is 14.2 Å². The number of amides is 1. The number of ether oxygens (including phenoxy) is 3. The maximum atomic E-state index is 13.2. The zero-order valence-electron chi connectivity index (χ0n) is 18.5. The van der Waals surface area contributed by atoms with Crippen LogP contribution in [0.1, 0.15) is 10.4 Å². The van der Waals surface area contributed by atoms with Crippen LogP contribution in [-0.2, 0) is 4.79 Å². The van der Waals surface area contributed by atoms with Crippen LogP contribution in [0.5, 0.6) is 17.2 Å². The number of fused-ring (bicyclic) bond motifs is 1. The number of aromatic nitrogens is 1. The predicted molar refractivity (Wildman–Crippen MR) is 142 cm³/mol. The van der Waals surface area contributed by atoms with E-state index in [0.29, 0.717) is 27.9 Å². The van der Waals surface area contributed by atoms with Crippen molar-refractivity contribution in [3.05, 3.63) is 68.8 Å². The molecule has 0 saturated carbocycles. The smallest absolute Gasteiger partial charge is 0.273 e. The molecule has 0 saturated heterocycles. The maximum Gasteiger partial charge on any atom is 0.273 e. The van der Waals surface area contributed by atoms with Crippen molar-refractivity contribution < 1.29 is 19.0 Å². The fourth-order valence-electron chi connectivity index (χ4n) is 3.09.